The van der Waals surface area contributed by atoms with Gasteiger partial charge in [0.1, 0.15) is 0 Å². The second-order valence-electron chi connectivity index (χ2n) is 5.92. The molecule has 1 unspecified atom stereocenters. The Morgan fingerprint density at radius 2 is 2.10 bits per heavy atom. The number of hydrogen-bond acceptors (Lipinski definition) is 2. The molecule has 0 saturated carbocycles. The van der Waals surface area contributed by atoms with E-state index in [4.69, 9.17) is 5.73 Å². The van der Waals surface area contributed by atoms with Gasteiger partial charge in [-0.15, -0.1) is 0 Å². The summed E-state index contributed by atoms with van der Waals surface area (Å²) in [5, 5.41) is 3.23. The fourth-order valence-electron chi connectivity index (χ4n) is 2.52. The topological polar surface area (TPSA) is 53.6 Å². The Kier molecular flexibility index (Phi) is 4.88. The van der Waals surface area contributed by atoms with E-state index in [1.165, 1.54) is 11.3 Å². The summed E-state index contributed by atoms with van der Waals surface area (Å²) in [4.78, 5) is 6.77. The lowest BCUT2D eigenvalue weighted by atomic mass is 10.2. The van der Waals surface area contributed by atoms with E-state index in [1.807, 2.05) is 0 Å². The smallest absolute Gasteiger partial charge is 0.188 e. The van der Waals surface area contributed by atoms with Crippen LogP contribution >= 0.6 is 0 Å². The maximum atomic E-state index is 5.88. The van der Waals surface area contributed by atoms with E-state index in [2.05, 4.69) is 60.2 Å². The molecule has 4 nitrogen and oxygen atoms in total. The van der Waals surface area contributed by atoms with E-state index in [9.17, 15) is 0 Å². The largest absolute Gasteiger partial charge is 0.370 e. The molecule has 20 heavy (non-hydrogen) atoms. The van der Waals surface area contributed by atoms with Crippen molar-refractivity contribution >= 4 is 11.6 Å². The van der Waals surface area contributed by atoms with Gasteiger partial charge in [-0.05, 0) is 30.9 Å². The van der Waals surface area contributed by atoms with E-state index in [1.54, 1.807) is 0 Å². The molecule has 1 aliphatic rings. The Hall–Kier alpha value is -1.71. The zero-order valence-electron chi connectivity index (χ0n) is 12.8. The van der Waals surface area contributed by atoms with Crippen molar-refractivity contribution in [3.8, 4) is 0 Å². The van der Waals surface area contributed by atoms with E-state index in [-0.39, 0.29) is 0 Å². The third kappa shape index (κ3) is 3.65. The van der Waals surface area contributed by atoms with Crippen LogP contribution in [0.4, 0.5) is 5.69 Å². The number of rotatable bonds is 5. The molecule has 0 aliphatic carbocycles. The van der Waals surface area contributed by atoms with E-state index >= 15 is 0 Å². The Morgan fingerprint density at radius 3 is 2.85 bits per heavy atom. The van der Waals surface area contributed by atoms with Crippen LogP contribution in [-0.4, -0.2) is 31.6 Å². The summed E-state index contributed by atoms with van der Waals surface area (Å²) in [7, 11) is 0. The molecule has 3 N–H and O–H groups in total. The maximum absolute atomic E-state index is 5.88. The van der Waals surface area contributed by atoms with Crippen LogP contribution in [0.15, 0.2) is 29.3 Å². The normalized spacial score (nSPS) is 16.4. The summed E-state index contributed by atoms with van der Waals surface area (Å²) in [5.41, 5.74) is 8.69. The van der Waals surface area contributed by atoms with Crippen LogP contribution in [-0.2, 0) is 6.42 Å². The SMILES string of the molecule is CC(C)CN=C(N)NCC(C)N1CCc2ccccc21. The number of aliphatic imine (C=N–C) groups is 1. The minimum absolute atomic E-state index is 0.409. The van der Waals surface area contributed by atoms with E-state index in [0.29, 0.717) is 17.9 Å². The second kappa shape index (κ2) is 6.64. The number of hydrogen-bond donors (Lipinski definition) is 2. The van der Waals surface area contributed by atoms with Crippen molar-refractivity contribution in [3.05, 3.63) is 29.8 Å². The number of para-hydroxylation sites is 1. The molecule has 0 spiro atoms. The first-order valence-electron chi connectivity index (χ1n) is 7.46. The molecule has 0 bridgehead atoms. The lowest BCUT2D eigenvalue weighted by molar-refractivity contribution is 0.625. The molecular weight excluding hydrogens is 248 g/mol. The molecule has 0 fully saturated rings. The first-order chi connectivity index (χ1) is 9.58. The van der Waals surface area contributed by atoms with Crippen LogP contribution in [0.2, 0.25) is 0 Å². The number of nitrogens with two attached hydrogens (primary N) is 1. The summed E-state index contributed by atoms with van der Waals surface area (Å²) in [6.07, 6.45) is 1.14. The third-order valence-corrected chi connectivity index (χ3v) is 3.66. The lowest BCUT2D eigenvalue weighted by Crippen LogP contribution is -2.44. The molecule has 0 saturated heterocycles. The molecule has 0 amide bonds. The third-order valence-electron chi connectivity index (χ3n) is 3.66. The molecule has 2 rings (SSSR count). The lowest BCUT2D eigenvalue weighted by Gasteiger charge is -2.27. The highest BCUT2D eigenvalue weighted by molar-refractivity contribution is 5.77. The monoisotopic (exact) mass is 274 g/mol. The Morgan fingerprint density at radius 1 is 1.35 bits per heavy atom. The Labute approximate surface area is 122 Å². The fraction of sp³-hybridized carbons (Fsp3) is 0.562. The highest BCUT2D eigenvalue weighted by Gasteiger charge is 2.22. The van der Waals surface area contributed by atoms with Crippen LogP contribution in [0.3, 0.4) is 0 Å². The molecular formula is C16H26N4. The van der Waals surface area contributed by atoms with Crippen molar-refractivity contribution in [1.29, 1.82) is 0 Å². The van der Waals surface area contributed by atoms with Gasteiger partial charge in [0.2, 0.25) is 0 Å². The molecule has 4 heteroatoms. The zero-order chi connectivity index (χ0) is 14.5. The molecule has 1 aromatic carbocycles. The van der Waals surface area contributed by atoms with Gasteiger partial charge in [-0.2, -0.15) is 0 Å². The number of nitrogens with one attached hydrogen (secondary N) is 1. The van der Waals surface area contributed by atoms with E-state index < -0.39 is 0 Å². The molecule has 0 radical (unpaired) electrons. The Balaban J connectivity index is 1.87. The summed E-state index contributed by atoms with van der Waals surface area (Å²) < 4.78 is 0. The maximum Gasteiger partial charge on any atom is 0.188 e. The minimum atomic E-state index is 0.409. The van der Waals surface area contributed by atoms with Crippen molar-refractivity contribution in [2.45, 2.75) is 33.2 Å². The Bertz CT molecular complexity index is 467. The number of benzene rings is 1. The van der Waals surface area contributed by atoms with Crippen LogP contribution in [0.5, 0.6) is 0 Å². The summed E-state index contributed by atoms with van der Waals surface area (Å²) in [6.45, 7) is 9.19. The van der Waals surface area contributed by atoms with Crippen molar-refractivity contribution in [1.82, 2.24) is 5.32 Å². The van der Waals surface area contributed by atoms with Gasteiger partial charge in [0.05, 0.1) is 0 Å². The van der Waals surface area contributed by atoms with Gasteiger partial charge >= 0.3 is 0 Å². The average molecular weight is 274 g/mol. The predicted molar refractivity (Wildman–Crippen MR) is 86.3 cm³/mol. The van der Waals surface area contributed by atoms with Crippen molar-refractivity contribution in [2.75, 3.05) is 24.5 Å². The average Bonchev–Trinajstić information content (AvgIpc) is 2.86. The molecule has 1 heterocycles. The number of nitrogens with zero attached hydrogens (tertiary/aromatic N) is 2. The van der Waals surface area contributed by atoms with Crippen LogP contribution in [0.1, 0.15) is 26.3 Å². The van der Waals surface area contributed by atoms with Crippen molar-refractivity contribution in [2.24, 2.45) is 16.6 Å². The molecule has 1 aromatic rings. The molecule has 110 valence electrons. The first-order valence-corrected chi connectivity index (χ1v) is 7.46. The predicted octanol–water partition coefficient (Wildman–Crippen LogP) is 2.00. The number of anilines is 1. The molecule has 0 aromatic heterocycles. The van der Waals surface area contributed by atoms with Gasteiger partial charge in [-0.3, -0.25) is 4.99 Å². The van der Waals surface area contributed by atoms with Gasteiger partial charge in [0.15, 0.2) is 5.96 Å². The summed E-state index contributed by atoms with van der Waals surface area (Å²) >= 11 is 0. The van der Waals surface area contributed by atoms with E-state index in [0.717, 1.165) is 26.1 Å². The van der Waals surface area contributed by atoms with Gasteiger partial charge in [-0.25, -0.2) is 0 Å². The highest BCUT2D eigenvalue weighted by Crippen LogP contribution is 2.28. The van der Waals surface area contributed by atoms with Gasteiger partial charge in [-0.1, -0.05) is 32.0 Å². The molecule has 1 aliphatic heterocycles. The van der Waals surface area contributed by atoms with Crippen LogP contribution < -0.4 is 16.0 Å². The minimum Gasteiger partial charge on any atom is -0.370 e. The first kappa shape index (κ1) is 14.7. The van der Waals surface area contributed by atoms with Crippen LogP contribution in [0.25, 0.3) is 0 Å². The summed E-state index contributed by atoms with van der Waals surface area (Å²) in [6, 6.07) is 9.05. The van der Waals surface area contributed by atoms with Crippen molar-refractivity contribution in [3.63, 3.8) is 0 Å². The van der Waals surface area contributed by atoms with Gasteiger partial charge in [0.25, 0.3) is 0 Å². The van der Waals surface area contributed by atoms with Crippen molar-refractivity contribution < 1.29 is 0 Å². The second-order valence-corrected chi connectivity index (χ2v) is 5.92. The standard InChI is InChI=1S/C16H26N4/c1-12(2)10-18-16(17)19-11-13(3)20-9-8-14-6-4-5-7-15(14)20/h4-7,12-13H,8-11H2,1-3H3,(H3,17,18,19). The zero-order valence-corrected chi connectivity index (χ0v) is 12.8. The quantitative estimate of drug-likeness (QED) is 0.638. The number of guanidine groups is 1. The van der Waals surface area contributed by atoms with Gasteiger partial charge in [0, 0.05) is 31.4 Å². The van der Waals surface area contributed by atoms with Gasteiger partial charge < -0.3 is 16.0 Å². The summed E-state index contributed by atoms with van der Waals surface area (Å²) in [5.74, 6) is 1.09. The van der Waals surface area contributed by atoms with Crippen LogP contribution in [0, 0.1) is 5.92 Å². The number of fused-ring (bicyclic) bond motifs is 1. The molecule has 1 atom stereocenters. The fourth-order valence-corrected chi connectivity index (χ4v) is 2.52. The highest BCUT2D eigenvalue weighted by atomic mass is 15.2.